The van der Waals surface area contributed by atoms with E-state index in [4.69, 9.17) is 0 Å². The third-order valence-electron chi connectivity index (χ3n) is 0. The van der Waals surface area contributed by atoms with Crippen LogP contribution in [0.2, 0.25) is 0 Å². The molecule has 0 heterocycles. The maximum absolute atomic E-state index is 0. The number of rotatable bonds is 0. The molecular formula is AgCuPdPt. The van der Waals surface area contributed by atoms with E-state index in [1.54, 1.807) is 0 Å². The van der Waals surface area contributed by atoms with Crippen LogP contribution in [0.15, 0.2) is 0 Å². The van der Waals surface area contributed by atoms with E-state index in [1.807, 2.05) is 0 Å². The zero-order valence-electron chi connectivity index (χ0n) is 1.24. The van der Waals surface area contributed by atoms with Crippen LogP contribution >= 0.6 is 0 Å². The molecule has 42 valence electrons. The Balaban J connectivity index is 0. The molecule has 0 aliphatic rings. The van der Waals surface area contributed by atoms with Gasteiger partial charge in [0, 0.05) is 80.9 Å². The fourth-order valence-corrected chi connectivity index (χ4v) is 0. The van der Waals surface area contributed by atoms with Crippen molar-refractivity contribution in [1.29, 1.82) is 0 Å². The van der Waals surface area contributed by atoms with Gasteiger partial charge in [-0.2, -0.15) is 0 Å². The molecule has 0 spiro atoms. The second-order valence-electron chi connectivity index (χ2n) is 0. The summed E-state index contributed by atoms with van der Waals surface area (Å²) in [6.07, 6.45) is 0. The van der Waals surface area contributed by atoms with E-state index in [0.717, 1.165) is 0 Å². The van der Waals surface area contributed by atoms with Crippen molar-refractivity contribution in [2.75, 3.05) is 0 Å². The molecule has 0 aromatic rings. The molecule has 0 saturated heterocycles. The van der Waals surface area contributed by atoms with Crippen LogP contribution in [0, 0.1) is 0 Å². The van der Waals surface area contributed by atoms with Crippen molar-refractivity contribution in [2.45, 2.75) is 0 Å². The van der Waals surface area contributed by atoms with Crippen LogP contribution in [0.4, 0.5) is 0 Å². The molecular weight excluding hydrogens is 473 g/mol. The van der Waals surface area contributed by atoms with Crippen LogP contribution in [-0.4, -0.2) is 0 Å². The Kier molecular flexibility index (Phi) is 134. The summed E-state index contributed by atoms with van der Waals surface area (Å²) in [5.41, 5.74) is 0. The molecule has 0 aromatic heterocycles. The molecule has 0 saturated carbocycles. The second-order valence-corrected chi connectivity index (χ2v) is 0. The van der Waals surface area contributed by atoms with Crippen LogP contribution < -0.4 is 0 Å². The number of hydrogen-bond donors (Lipinski definition) is 0. The summed E-state index contributed by atoms with van der Waals surface area (Å²) in [5, 5.41) is 0. The smallest absolute Gasteiger partial charge is 0 e. The first kappa shape index (κ1) is 30.5. The van der Waals surface area contributed by atoms with Crippen LogP contribution in [0.25, 0.3) is 0 Å². The predicted octanol–water partition coefficient (Wildman–Crippen LogP) is -0.0100. The average Bonchev–Trinajstić information content (AvgIpc) is 0. The van der Waals surface area contributed by atoms with Crippen molar-refractivity contribution in [1.82, 2.24) is 0 Å². The van der Waals surface area contributed by atoms with Crippen molar-refractivity contribution >= 4 is 0 Å². The summed E-state index contributed by atoms with van der Waals surface area (Å²) in [4.78, 5) is 0. The zero-order valence-corrected chi connectivity index (χ0v) is 7.49. The van der Waals surface area contributed by atoms with Gasteiger partial charge in [0.2, 0.25) is 0 Å². The maximum Gasteiger partial charge on any atom is 0 e. The molecule has 2 radical (unpaired) electrons. The van der Waals surface area contributed by atoms with E-state index in [9.17, 15) is 0 Å². The molecule has 4 heavy (non-hydrogen) atoms. The van der Waals surface area contributed by atoms with Gasteiger partial charge in [-0.3, -0.25) is 0 Å². The van der Waals surface area contributed by atoms with E-state index in [1.165, 1.54) is 0 Å². The standard InChI is InChI=1S/Ag.Cu.Pd.Pt. The first-order valence-electron chi connectivity index (χ1n) is 0. The average molecular weight is 473 g/mol. The SMILES string of the molecule is [Ag].[Cu].[Pd].[Pt]. The van der Waals surface area contributed by atoms with Crippen LogP contribution in [0.3, 0.4) is 0 Å². The number of hydrogen-bond acceptors (Lipinski definition) is 0. The Morgan fingerprint density at radius 2 is 1.00 bits per heavy atom. The Morgan fingerprint density at radius 1 is 1.00 bits per heavy atom. The summed E-state index contributed by atoms with van der Waals surface area (Å²) >= 11 is 0. The monoisotopic (exact) mass is 471 g/mol. The first-order chi connectivity index (χ1) is 0. The van der Waals surface area contributed by atoms with Crippen LogP contribution in [0.5, 0.6) is 0 Å². The Hall–Kier alpha value is 2.61. The van der Waals surface area contributed by atoms with Gasteiger partial charge < -0.3 is 0 Å². The third-order valence-corrected chi connectivity index (χ3v) is 0. The molecule has 0 unspecified atom stereocenters. The van der Waals surface area contributed by atoms with Gasteiger partial charge in [0.15, 0.2) is 0 Å². The quantitative estimate of drug-likeness (QED) is 0.435. The topological polar surface area (TPSA) is 0 Å². The fraction of sp³-hybridized carbons (Fsp3) is 0. The van der Waals surface area contributed by atoms with E-state index < -0.39 is 0 Å². The second kappa shape index (κ2) is 17.5. The summed E-state index contributed by atoms with van der Waals surface area (Å²) in [5.74, 6) is 0. The molecule has 0 bridgehead atoms. The van der Waals surface area contributed by atoms with Gasteiger partial charge in [-0.05, 0) is 0 Å². The van der Waals surface area contributed by atoms with Crippen LogP contribution in [-0.2, 0) is 80.9 Å². The largest absolute Gasteiger partial charge is 0 e. The minimum Gasteiger partial charge on any atom is 0 e. The van der Waals surface area contributed by atoms with Gasteiger partial charge >= 0.3 is 0 Å². The molecule has 0 nitrogen and oxygen atoms in total. The third kappa shape index (κ3) is 8.82. The molecule has 4 heteroatoms. The van der Waals surface area contributed by atoms with Gasteiger partial charge in [-0.1, -0.05) is 0 Å². The normalized spacial score (nSPS) is 0. The molecule has 0 aromatic carbocycles. The van der Waals surface area contributed by atoms with Gasteiger partial charge in [-0.15, -0.1) is 0 Å². The first-order valence-corrected chi connectivity index (χ1v) is 0. The zero-order chi connectivity index (χ0) is 0. The van der Waals surface area contributed by atoms with Crippen molar-refractivity contribution in [3.63, 3.8) is 0 Å². The molecule has 0 amide bonds. The molecule has 0 rings (SSSR count). The van der Waals surface area contributed by atoms with E-state index in [2.05, 4.69) is 0 Å². The van der Waals surface area contributed by atoms with Crippen molar-refractivity contribution in [2.24, 2.45) is 0 Å². The molecule has 0 fully saturated rings. The Morgan fingerprint density at radius 3 is 1.00 bits per heavy atom. The van der Waals surface area contributed by atoms with Crippen molar-refractivity contribution in [3.05, 3.63) is 0 Å². The van der Waals surface area contributed by atoms with Gasteiger partial charge in [0.1, 0.15) is 0 Å². The minimum atomic E-state index is 0. The van der Waals surface area contributed by atoms with Gasteiger partial charge in [0.05, 0.1) is 0 Å². The van der Waals surface area contributed by atoms with E-state index in [0.29, 0.717) is 0 Å². The van der Waals surface area contributed by atoms with Crippen molar-refractivity contribution in [3.8, 4) is 0 Å². The molecule has 0 aliphatic heterocycles. The Labute approximate surface area is 79.8 Å². The predicted molar refractivity (Wildman–Crippen MR) is 0 cm³/mol. The maximum atomic E-state index is 0. The van der Waals surface area contributed by atoms with Crippen LogP contribution in [0.1, 0.15) is 0 Å². The van der Waals surface area contributed by atoms with Gasteiger partial charge in [-0.25, -0.2) is 0 Å². The summed E-state index contributed by atoms with van der Waals surface area (Å²) in [6.45, 7) is 0. The minimum absolute atomic E-state index is 0. The van der Waals surface area contributed by atoms with Crippen molar-refractivity contribution < 1.29 is 80.9 Å². The fourth-order valence-electron chi connectivity index (χ4n) is 0. The van der Waals surface area contributed by atoms with E-state index in [-0.39, 0.29) is 80.9 Å². The Bertz CT molecular complexity index is 8.00. The molecule has 0 N–H and O–H groups in total. The molecule has 0 aliphatic carbocycles. The summed E-state index contributed by atoms with van der Waals surface area (Å²) in [6, 6.07) is 0. The molecule has 0 atom stereocenters. The van der Waals surface area contributed by atoms with E-state index >= 15 is 0 Å². The summed E-state index contributed by atoms with van der Waals surface area (Å²) < 4.78 is 0. The summed E-state index contributed by atoms with van der Waals surface area (Å²) in [7, 11) is 0. The van der Waals surface area contributed by atoms with Gasteiger partial charge in [0.25, 0.3) is 0 Å².